The number of nitrogens with one attached hydrogen (secondary N) is 2. The fourth-order valence-electron chi connectivity index (χ4n) is 2.93. The number of benzene rings is 2. The minimum absolute atomic E-state index is 0.250. The van der Waals surface area contributed by atoms with Crippen LogP contribution >= 0.6 is 11.3 Å². The van der Waals surface area contributed by atoms with Gasteiger partial charge in [0.05, 0.1) is 7.11 Å². The summed E-state index contributed by atoms with van der Waals surface area (Å²) < 4.78 is 10.6. The number of nitrogen functional groups attached to an aromatic ring is 1. The van der Waals surface area contributed by atoms with Crippen LogP contribution in [0.1, 0.15) is 15.9 Å². The van der Waals surface area contributed by atoms with Gasteiger partial charge < -0.3 is 25.6 Å². The fraction of sp³-hybridized carbons (Fsp3) is 0.143. The van der Waals surface area contributed by atoms with Crippen molar-refractivity contribution in [2.75, 3.05) is 30.5 Å². The fourth-order valence-corrected chi connectivity index (χ4v) is 3.69. The SMILES string of the molecule is CNc1nc(N)c(-c2nc(-c3cc(NC(=O)c4cccc(OC)c4)ccc3C)no2)s1. The largest absolute Gasteiger partial charge is 0.497 e. The van der Waals surface area contributed by atoms with Crippen LogP contribution in [-0.2, 0) is 0 Å². The maximum Gasteiger partial charge on any atom is 0.272 e. The first-order valence-corrected chi connectivity index (χ1v) is 10.1. The number of carbonyl (C=O) groups is 1. The zero-order chi connectivity index (χ0) is 22.0. The summed E-state index contributed by atoms with van der Waals surface area (Å²) in [4.78, 5) is 21.9. The number of nitrogens with two attached hydrogens (primary N) is 1. The second-order valence-electron chi connectivity index (χ2n) is 6.62. The molecule has 0 saturated carbocycles. The number of rotatable bonds is 6. The lowest BCUT2D eigenvalue weighted by Gasteiger charge is -2.09. The second kappa shape index (κ2) is 8.44. The van der Waals surface area contributed by atoms with Crippen LogP contribution in [0, 0.1) is 6.92 Å². The molecular weight excluding hydrogens is 416 g/mol. The normalized spacial score (nSPS) is 10.7. The van der Waals surface area contributed by atoms with Gasteiger partial charge in [-0.1, -0.05) is 28.6 Å². The third-order valence-electron chi connectivity index (χ3n) is 4.56. The van der Waals surface area contributed by atoms with Crippen molar-refractivity contribution in [3.8, 4) is 27.9 Å². The lowest BCUT2D eigenvalue weighted by molar-refractivity contribution is 0.102. The Morgan fingerprint density at radius 3 is 2.77 bits per heavy atom. The van der Waals surface area contributed by atoms with E-state index in [0.717, 1.165) is 11.1 Å². The maximum absolute atomic E-state index is 12.6. The zero-order valence-corrected chi connectivity index (χ0v) is 17.9. The van der Waals surface area contributed by atoms with Crippen LogP contribution in [-0.4, -0.2) is 35.2 Å². The quantitative estimate of drug-likeness (QED) is 0.413. The first-order valence-electron chi connectivity index (χ1n) is 9.33. The van der Waals surface area contributed by atoms with E-state index in [4.69, 9.17) is 15.0 Å². The van der Waals surface area contributed by atoms with E-state index in [1.165, 1.54) is 11.3 Å². The molecule has 2 aromatic heterocycles. The monoisotopic (exact) mass is 436 g/mol. The number of aryl methyl sites for hydroxylation is 1. The molecule has 2 aromatic carbocycles. The molecule has 2 heterocycles. The topological polar surface area (TPSA) is 128 Å². The summed E-state index contributed by atoms with van der Waals surface area (Å²) in [6.07, 6.45) is 0. The lowest BCUT2D eigenvalue weighted by Crippen LogP contribution is -2.12. The predicted molar refractivity (Wildman–Crippen MR) is 120 cm³/mol. The van der Waals surface area contributed by atoms with E-state index in [1.807, 2.05) is 19.1 Å². The number of ether oxygens (including phenoxy) is 1. The van der Waals surface area contributed by atoms with Crippen LogP contribution in [0.2, 0.25) is 0 Å². The van der Waals surface area contributed by atoms with E-state index < -0.39 is 0 Å². The van der Waals surface area contributed by atoms with Gasteiger partial charge in [0.15, 0.2) is 5.13 Å². The van der Waals surface area contributed by atoms with Crippen LogP contribution in [0.5, 0.6) is 5.75 Å². The Bertz CT molecular complexity index is 1250. The van der Waals surface area contributed by atoms with Crippen molar-refractivity contribution in [1.82, 2.24) is 15.1 Å². The number of aromatic nitrogens is 3. The van der Waals surface area contributed by atoms with Crippen molar-refractivity contribution < 1.29 is 14.1 Å². The number of thiazole rings is 1. The van der Waals surface area contributed by atoms with Crippen LogP contribution in [0.3, 0.4) is 0 Å². The van der Waals surface area contributed by atoms with E-state index >= 15 is 0 Å². The molecule has 0 bridgehead atoms. The van der Waals surface area contributed by atoms with E-state index in [9.17, 15) is 4.79 Å². The third-order valence-corrected chi connectivity index (χ3v) is 5.63. The maximum atomic E-state index is 12.6. The molecule has 31 heavy (non-hydrogen) atoms. The van der Waals surface area contributed by atoms with E-state index in [-0.39, 0.29) is 11.8 Å². The average molecular weight is 436 g/mol. The minimum Gasteiger partial charge on any atom is -0.497 e. The Hall–Kier alpha value is -3.92. The van der Waals surface area contributed by atoms with E-state index in [2.05, 4.69) is 25.8 Å². The Morgan fingerprint density at radius 1 is 1.19 bits per heavy atom. The van der Waals surface area contributed by atoms with E-state index in [0.29, 0.717) is 38.7 Å². The Balaban J connectivity index is 1.60. The van der Waals surface area contributed by atoms with Gasteiger partial charge in [0.1, 0.15) is 16.4 Å². The molecule has 0 aliphatic heterocycles. The molecule has 9 nitrogen and oxygen atoms in total. The van der Waals surface area contributed by atoms with Crippen molar-refractivity contribution in [3.05, 3.63) is 53.6 Å². The summed E-state index contributed by atoms with van der Waals surface area (Å²) in [6, 6.07) is 12.4. The molecule has 0 spiro atoms. The van der Waals surface area contributed by atoms with Gasteiger partial charge in [0, 0.05) is 23.9 Å². The molecular formula is C21H20N6O3S. The van der Waals surface area contributed by atoms with Gasteiger partial charge in [-0.05, 0) is 42.8 Å². The molecule has 158 valence electrons. The Labute approximate surface area is 182 Å². The highest BCUT2D eigenvalue weighted by molar-refractivity contribution is 7.19. The lowest BCUT2D eigenvalue weighted by atomic mass is 10.1. The molecule has 1 amide bonds. The molecule has 0 radical (unpaired) electrons. The molecule has 10 heteroatoms. The molecule has 0 aliphatic rings. The second-order valence-corrected chi connectivity index (χ2v) is 7.62. The number of anilines is 3. The smallest absolute Gasteiger partial charge is 0.272 e. The molecule has 0 unspecified atom stereocenters. The van der Waals surface area contributed by atoms with E-state index in [1.54, 1.807) is 44.5 Å². The van der Waals surface area contributed by atoms with Gasteiger partial charge >= 0.3 is 0 Å². The number of hydrogen-bond donors (Lipinski definition) is 3. The number of nitrogens with zero attached hydrogens (tertiary/aromatic N) is 3. The average Bonchev–Trinajstić information content (AvgIpc) is 3.41. The number of amides is 1. The van der Waals surface area contributed by atoms with Crippen molar-refractivity contribution in [1.29, 1.82) is 0 Å². The summed E-state index contributed by atoms with van der Waals surface area (Å²) >= 11 is 1.33. The molecule has 4 aromatic rings. The van der Waals surface area contributed by atoms with Crippen LogP contribution < -0.4 is 21.1 Å². The summed E-state index contributed by atoms with van der Waals surface area (Å²) in [6.45, 7) is 1.93. The van der Waals surface area contributed by atoms with Gasteiger partial charge in [-0.3, -0.25) is 4.79 Å². The highest BCUT2D eigenvalue weighted by Crippen LogP contribution is 2.35. The van der Waals surface area contributed by atoms with Gasteiger partial charge in [-0.15, -0.1) is 0 Å². The van der Waals surface area contributed by atoms with Crippen LogP contribution in [0.25, 0.3) is 22.2 Å². The molecule has 4 rings (SSSR count). The molecule has 0 saturated heterocycles. The van der Waals surface area contributed by atoms with Gasteiger partial charge in [-0.2, -0.15) is 4.98 Å². The van der Waals surface area contributed by atoms with Gasteiger partial charge in [-0.25, -0.2) is 4.98 Å². The highest BCUT2D eigenvalue weighted by Gasteiger charge is 2.19. The number of methoxy groups -OCH3 is 1. The number of hydrogen-bond acceptors (Lipinski definition) is 9. The summed E-state index contributed by atoms with van der Waals surface area (Å²) in [5.74, 6) is 1.36. The first kappa shape index (κ1) is 20.4. The predicted octanol–water partition coefficient (Wildman–Crippen LogP) is 4.05. The summed E-state index contributed by atoms with van der Waals surface area (Å²) in [7, 11) is 3.32. The first-order chi connectivity index (χ1) is 15.0. The van der Waals surface area contributed by atoms with Crippen molar-refractivity contribution in [2.24, 2.45) is 0 Å². The Morgan fingerprint density at radius 2 is 2.03 bits per heavy atom. The van der Waals surface area contributed by atoms with Crippen LogP contribution in [0.4, 0.5) is 16.6 Å². The van der Waals surface area contributed by atoms with Crippen LogP contribution in [0.15, 0.2) is 47.0 Å². The molecule has 4 N–H and O–H groups in total. The highest BCUT2D eigenvalue weighted by atomic mass is 32.1. The summed E-state index contributed by atoms with van der Waals surface area (Å²) in [5.41, 5.74) is 8.72. The molecule has 0 fully saturated rings. The van der Waals surface area contributed by atoms with Crippen molar-refractivity contribution >= 4 is 33.9 Å². The zero-order valence-electron chi connectivity index (χ0n) is 17.1. The van der Waals surface area contributed by atoms with Crippen molar-refractivity contribution in [3.63, 3.8) is 0 Å². The third kappa shape index (κ3) is 4.19. The number of carbonyl (C=O) groups excluding carboxylic acids is 1. The molecule has 0 aliphatic carbocycles. The standard InChI is InChI=1S/C21H20N6O3S/c1-11-7-8-13(24-19(28)12-5-4-6-14(9-12)29-3)10-15(11)18-26-20(30-27-18)16-17(22)25-21(23-2)31-16/h4-10H,22H2,1-3H3,(H,23,25)(H,24,28). The van der Waals surface area contributed by atoms with Crippen molar-refractivity contribution in [2.45, 2.75) is 6.92 Å². The van der Waals surface area contributed by atoms with Gasteiger partial charge in [0.2, 0.25) is 5.82 Å². The molecule has 0 atom stereocenters. The Kier molecular flexibility index (Phi) is 5.54. The van der Waals surface area contributed by atoms with Gasteiger partial charge in [0.25, 0.3) is 11.8 Å². The summed E-state index contributed by atoms with van der Waals surface area (Å²) in [5, 5.41) is 10.6. The minimum atomic E-state index is -0.250.